The molecule has 2 aromatic rings. The first-order valence-corrected chi connectivity index (χ1v) is 7.35. The highest BCUT2D eigenvalue weighted by Crippen LogP contribution is 2.46. The fourth-order valence-electron chi connectivity index (χ4n) is 2.53. The van der Waals surface area contributed by atoms with E-state index in [0.29, 0.717) is 23.2 Å². The van der Waals surface area contributed by atoms with E-state index in [-0.39, 0.29) is 5.02 Å². The lowest BCUT2D eigenvalue weighted by Gasteiger charge is -2.27. The Kier molecular flexibility index (Phi) is 3.48. The first-order valence-electron chi connectivity index (χ1n) is 6.18. The van der Waals surface area contributed by atoms with E-state index in [9.17, 15) is 4.39 Å². The van der Waals surface area contributed by atoms with E-state index in [2.05, 4.69) is 15.9 Å². The van der Waals surface area contributed by atoms with E-state index in [1.165, 1.54) is 6.07 Å². The molecule has 0 radical (unpaired) electrons. The summed E-state index contributed by atoms with van der Waals surface area (Å²) in [6.07, 6.45) is 0.559. The number of rotatable bonds is 2. The fraction of sp³-hybridized carbons (Fsp3) is 0.200. The van der Waals surface area contributed by atoms with Crippen LogP contribution in [0.4, 0.5) is 4.39 Å². The van der Waals surface area contributed by atoms with Crippen LogP contribution in [0.5, 0.6) is 5.75 Å². The van der Waals surface area contributed by atoms with Gasteiger partial charge >= 0.3 is 0 Å². The van der Waals surface area contributed by atoms with Gasteiger partial charge in [-0.05, 0) is 21.5 Å². The Morgan fingerprint density at radius 2 is 2.05 bits per heavy atom. The zero-order valence-electron chi connectivity index (χ0n) is 10.5. The second kappa shape index (κ2) is 5.02. The van der Waals surface area contributed by atoms with Crippen LogP contribution in [0.1, 0.15) is 11.1 Å². The first kappa shape index (κ1) is 13.9. The zero-order valence-corrected chi connectivity index (χ0v) is 12.8. The summed E-state index contributed by atoms with van der Waals surface area (Å²) in [5.41, 5.74) is 7.10. The predicted octanol–water partition coefficient (Wildman–Crippen LogP) is 4.03. The molecule has 104 valence electrons. The van der Waals surface area contributed by atoms with Crippen molar-refractivity contribution in [2.45, 2.75) is 12.0 Å². The van der Waals surface area contributed by atoms with Gasteiger partial charge in [0.15, 0.2) is 5.60 Å². The predicted molar refractivity (Wildman–Crippen MR) is 80.6 cm³/mol. The van der Waals surface area contributed by atoms with Crippen LogP contribution in [0.2, 0.25) is 5.02 Å². The first-order chi connectivity index (χ1) is 9.57. The molecule has 0 aliphatic carbocycles. The van der Waals surface area contributed by atoms with Crippen LogP contribution in [0.3, 0.4) is 0 Å². The van der Waals surface area contributed by atoms with Crippen LogP contribution in [-0.2, 0) is 12.0 Å². The molecule has 3 rings (SSSR count). The largest absolute Gasteiger partial charge is 0.480 e. The summed E-state index contributed by atoms with van der Waals surface area (Å²) in [5, 5.41) is 0.0771. The van der Waals surface area contributed by atoms with Gasteiger partial charge in [0.1, 0.15) is 11.6 Å². The maximum absolute atomic E-state index is 13.7. The second-order valence-corrected chi connectivity index (χ2v) is 5.98. The average molecular weight is 357 g/mol. The van der Waals surface area contributed by atoms with Crippen molar-refractivity contribution >= 4 is 27.5 Å². The lowest BCUT2D eigenvalue weighted by Crippen LogP contribution is -2.39. The lowest BCUT2D eigenvalue weighted by atomic mass is 9.89. The Morgan fingerprint density at radius 3 is 2.70 bits per heavy atom. The molecule has 0 bridgehead atoms. The molecule has 2 N–H and O–H groups in total. The molecular formula is C15H12BrClFNO. The van der Waals surface area contributed by atoms with E-state index in [1.807, 2.05) is 30.3 Å². The van der Waals surface area contributed by atoms with Gasteiger partial charge in [-0.1, -0.05) is 41.9 Å². The minimum absolute atomic E-state index is 0.0771. The molecule has 2 aromatic carbocycles. The molecular weight excluding hydrogens is 345 g/mol. The van der Waals surface area contributed by atoms with Crippen molar-refractivity contribution < 1.29 is 9.13 Å². The molecule has 2 nitrogen and oxygen atoms in total. The molecule has 5 heteroatoms. The van der Waals surface area contributed by atoms with Gasteiger partial charge in [0.25, 0.3) is 0 Å². The number of halogens is 3. The molecule has 1 heterocycles. The Balaban J connectivity index is 2.10. The van der Waals surface area contributed by atoms with Gasteiger partial charge in [-0.15, -0.1) is 0 Å². The van der Waals surface area contributed by atoms with Crippen LogP contribution < -0.4 is 10.5 Å². The summed E-state index contributed by atoms with van der Waals surface area (Å²) in [6, 6.07) is 11.0. The van der Waals surface area contributed by atoms with E-state index >= 15 is 0 Å². The van der Waals surface area contributed by atoms with Crippen molar-refractivity contribution in [3.63, 3.8) is 0 Å². The fourth-order valence-corrected chi connectivity index (χ4v) is 3.23. The number of ether oxygens (including phenoxy) is 1. The summed E-state index contributed by atoms with van der Waals surface area (Å²) in [7, 11) is 0. The van der Waals surface area contributed by atoms with Crippen molar-refractivity contribution in [2.75, 3.05) is 6.54 Å². The minimum atomic E-state index is -0.663. The Bertz CT molecular complexity index is 665. The normalized spacial score (nSPS) is 20.6. The minimum Gasteiger partial charge on any atom is -0.480 e. The maximum atomic E-state index is 13.7. The highest BCUT2D eigenvalue weighted by atomic mass is 79.9. The Morgan fingerprint density at radius 1 is 1.35 bits per heavy atom. The smallest absolute Gasteiger partial charge is 0.150 e. The molecule has 1 aliphatic heterocycles. The average Bonchev–Trinajstić information content (AvgIpc) is 2.86. The summed E-state index contributed by atoms with van der Waals surface area (Å²) in [5.74, 6) is -0.00810. The molecule has 1 unspecified atom stereocenters. The second-order valence-electron chi connectivity index (χ2n) is 4.81. The third-order valence-corrected chi connectivity index (χ3v) is 5.09. The number of benzene rings is 2. The van der Waals surface area contributed by atoms with E-state index in [0.717, 1.165) is 11.1 Å². The SMILES string of the molecule is NCC1(c2ccccc2)Cc2c(cc(F)c(Cl)c2Br)O1. The molecule has 0 saturated carbocycles. The van der Waals surface area contributed by atoms with Crippen LogP contribution in [0, 0.1) is 5.82 Å². The topological polar surface area (TPSA) is 35.2 Å². The van der Waals surface area contributed by atoms with Gasteiger partial charge in [0.05, 0.1) is 5.02 Å². The maximum Gasteiger partial charge on any atom is 0.150 e. The lowest BCUT2D eigenvalue weighted by molar-refractivity contribution is 0.103. The number of nitrogens with two attached hydrogens (primary N) is 1. The van der Waals surface area contributed by atoms with Gasteiger partial charge in [0, 0.05) is 29.1 Å². The molecule has 0 fully saturated rings. The van der Waals surface area contributed by atoms with E-state index in [1.54, 1.807) is 0 Å². The van der Waals surface area contributed by atoms with Gasteiger partial charge in [-0.3, -0.25) is 0 Å². The molecule has 0 saturated heterocycles. The number of fused-ring (bicyclic) bond motifs is 1. The van der Waals surface area contributed by atoms with E-state index in [4.69, 9.17) is 22.1 Å². The van der Waals surface area contributed by atoms with Crippen molar-refractivity contribution in [1.82, 2.24) is 0 Å². The molecule has 0 aromatic heterocycles. The van der Waals surface area contributed by atoms with Crippen molar-refractivity contribution in [3.05, 3.63) is 62.8 Å². The standard InChI is InChI=1S/C15H12BrClFNO/c16-13-10-7-15(8-19,9-4-2-1-3-5-9)20-12(10)6-11(18)14(13)17/h1-6H,7-8,19H2. The highest BCUT2D eigenvalue weighted by molar-refractivity contribution is 9.10. The number of hydrogen-bond acceptors (Lipinski definition) is 2. The van der Waals surface area contributed by atoms with Crippen molar-refractivity contribution in [2.24, 2.45) is 5.73 Å². The molecule has 0 spiro atoms. The van der Waals surface area contributed by atoms with Crippen molar-refractivity contribution in [3.8, 4) is 5.75 Å². The number of hydrogen-bond donors (Lipinski definition) is 1. The summed E-state index contributed by atoms with van der Waals surface area (Å²) in [6.45, 7) is 0.303. The Hall–Kier alpha value is -1.10. The van der Waals surface area contributed by atoms with Gasteiger partial charge in [-0.2, -0.15) is 0 Å². The zero-order chi connectivity index (χ0) is 14.3. The van der Waals surface area contributed by atoms with Gasteiger partial charge in [0.2, 0.25) is 0 Å². The van der Waals surface area contributed by atoms with Crippen molar-refractivity contribution in [1.29, 1.82) is 0 Å². The quantitative estimate of drug-likeness (QED) is 0.825. The van der Waals surface area contributed by atoms with Crippen LogP contribution in [-0.4, -0.2) is 6.54 Å². The summed E-state index contributed by atoms with van der Waals surface area (Å²) >= 11 is 9.28. The summed E-state index contributed by atoms with van der Waals surface area (Å²) in [4.78, 5) is 0. The molecule has 0 amide bonds. The van der Waals surface area contributed by atoms with Gasteiger partial charge in [-0.25, -0.2) is 4.39 Å². The summed E-state index contributed by atoms with van der Waals surface area (Å²) < 4.78 is 20.3. The Labute approximate surface area is 129 Å². The van der Waals surface area contributed by atoms with Gasteiger partial charge < -0.3 is 10.5 Å². The third kappa shape index (κ3) is 2.03. The van der Waals surface area contributed by atoms with Crippen LogP contribution in [0.15, 0.2) is 40.9 Å². The van der Waals surface area contributed by atoms with Crippen LogP contribution in [0.25, 0.3) is 0 Å². The monoisotopic (exact) mass is 355 g/mol. The molecule has 1 atom stereocenters. The molecule has 20 heavy (non-hydrogen) atoms. The molecule has 1 aliphatic rings. The third-order valence-electron chi connectivity index (χ3n) is 3.62. The van der Waals surface area contributed by atoms with Crippen LogP contribution >= 0.6 is 27.5 Å². The highest BCUT2D eigenvalue weighted by Gasteiger charge is 2.41. The van der Waals surface area contributed by atoms with E-state index < -0.39 is 11.4 Å².